The van der Waals surface area contributed by atoms with Gasteiger partial charge in [0, 0.05) is 6.04 Å². The predicted octanol–water partition coefficient (Wildman–Crippen LogP) is 2.74. The summed E-state index contributed by atoms with van der Waals surface area (Å²) in [6.45, 7) is 7.05. The number of nitrogens with zero attached hydrogens (tertiary/aromatic N) is 2. The fourth-order valence-corrected chi connectivity index (χ4v) is 5.99. The van der Waals surface area contributed by atoms with E-state index in [0.717, 1.165) is 43.4 Å². The van der Waals surface area contributed by atoms with Gasteiger partial charge in [-0.2, -0.15) is 0 Å². The standard InChI is InChI=1S/C23H35N3O5/c1-14(25-20(29)23(24-21(25)30)11-7-8-12-23)18(27)26-16-10-6-5-9-15(16)13-17(26)19(28)31-22(2,3)4/h14-17H,5-13H2,1-4H3,(H,24,30)/t14-,15-,16+,17+/m1/s1. The maximum absolute atomic E-state index is 13.7. The summed E-state index contributed by atoms with van der Waals surface area (Å²) < 4.78 is 5.64. The van der Waals surface area contributed by atoms with Gasteiger partial charge in [0.15, 0.2) is 0 Å². The average molecular weight is 434 g/mol. The number of ether oxygens (including phenoxy) is 1. The van der Waals surface area contributed by atoms with Gasteiger partial charge in [-0.25, -0.2) is 14.5 Å². The number of carbonyl (C=O) groups excluding carboxylic acids is 4. The minimum absolute atomic E-state index is 0.0394. The first-order valence-electron chi connectivity index (χ1n) is 11.7. The Hall–Kier alpha value is -2.12. The highest BCUT2D eigenvalue weighted by Gasteiger charge is 2.57. The van der Waals surface area contributed by atoms with Crippen LogP contribution in [0.15, 0.2) is 0 Å². The van der Waals surface area contributed by atoms with E-state index in [1.165, 1.54) is 0 Å². The smallest absolute Gasteiger partial charge is 0.329 e. The van der Waals surface area contributed by atoms with Gasteiger partial charge in [0.1, 0.15) is 23.2 Å². The summed E-state index contributed by atoms with van der Waals surface area (Å²) >= 11 is 0. The van der Waals surface area contributed by atoms with E-state index in [4.69, 9.17) is 4.74 Å². The highest BCUT2D eigenvalue weighted by Crippen LogP contribution is 2.42. The number of nitrogens with one attached hydrogen (secondary N) is 1. The molecule has 4 fully saturated rings. The van der Waals surface area contributed by atoms with Gasteiger partial charge in [-0.15, -0.1) is 0 Å². The van der Waals surface area contributed by atoms with Gasteiger partial charge in [0.25, 0.3) is 5.91 Å². The third kappa shape index (κ3) is 3.82. The van der Waals surface area contributed by atoms with E-state index in [2.05, 4.69) is 5.32 Å². The van der Waals surface area contributed by atoms with Crippen LogP contribution in [0, 0.1) is 5.92 Å². The minimum atomic E-state index is -0.946. The molecule has 4 rings (SSSR count). The molecule has 4 aliphatic rings. The van der Waals surface area contributed by atoms with E-state index < -0.39 is 35.2 Å². The van der Waals surface area contributed by atoms with Gasteiger partial charge in [0.2, 0.25) is 5.91 Å². The van der Waals surface area contributed by atoms with Crippen molar-refractivity contribution in [1.82, 2.24) is 15.1 Å². The first-order chi connectivity index (χ1) is 14.5. The number of hydrogen-bond donors (Lipinski definition) is 1. The molecule has 8 heteroatoms. The quantitative estimate of drug-likeness (QED) is 0.545. The number of esters is 1. The van der Waals surface area contributed by atoms with Crippen LogP contribution >= 0.6 is 0 Å². The van der Waals surface area contributed by atoms with E-state index in [0.29, 0.717) is 19.3 Å². The zero-order valence-corrected chi connectivity index (χ0v) is 19.1. The van der Waals surface area contributed by atoms with Crippen LogP contribution in [-0.4, -0.2) is 62.9 Å². The molecule has 4 amide bonds. The van der Waals surface area contributed by atoms with Crippen molar-refractivity contribution in [2.75, 3.05) is 0 Å². The Bertz CT molecular complexity index is 783. The van der Waals surface area contributed by atoms with Gasteiger partial charge in [0.05, 0.1) is 0 Å². The van der Waals surface area contributed by atoms with E-state index >= 15 is 0 Å². The molecule has 2 aliphatic carbocycles. The molecular formula is C23H35N3O5. The van der Waals surface area contributed by atoms with Crippen molar-refractivity contribution >= 4 is 23.8 Å². The van der Waals surface area contributed by atoms with Crippen LogP contribution in [0.25, 0.3) is 0 Å². The SMILES string of the molecule is C[C@H](C(=O)N1[C@H](C(=O)OC(C)(C)C)C[C@H]2CCCC[C@@H]21)N1C(=O)NC2(CCCC2)C1=O. The van der Waals surface area contributed by atoms with Crippen LogP contribution in [0.4, 0.5) is 4.79 Å². The summed E-state index contributed by atoms with van der Waals surface area (Å²) in [5, 5.41) is 2.85. The molecule has 0 aromatic rings. The van der Waals surface area contributed by atoms with Crippen LogP contribution in [-0.2, 0) is 19.1 Å². The molecule has 0 radical (unpaired) electrons. The summed E-state index contributed by atoms with van der Waals surface area (Å²) in [6, 6.07) is -2.15. The predicted molar refractivity (Wildman–Crippen MR) is 113 cm³/mol. The zero-order valence-electron chi connectivity index (χ0n) is 19.1. The van der Waals surface area contributed by atoms with Gasteiger partial charge < -0.3 is 15.0 Å². The number of rotatable bonds is 3. The lowest BCUT2D eigenvalue weighted by molar-refractivity contribution is -0.165. The lowest BCUT2D eigenvalue weighted by Crippen LogP contribution is -2.56. The zero-order chi connectivity index (χ0) is 22.6. The number of hydrogen-bond acceptors (Lipinski definition) is 5. The molecule has 2 saturated carbocycles. The summed E-state index contributed by atoms with van der Waals surface area (Å²) in [5.41, 5.74) is -1.50. The third-order valence-electron chi connectivity index (χ3n) is 7.42. The maximum atomic E-state index is 13.7. The van der Waals surface area contributed by atoms with Crippen molar-refractivity contribution in [3.05, 3.63) is 0 Å². The fraction of sp³-hybridized carbons (Fsp3) is 0.826. The lowest BCUT2D eigenvalue weighted by atomic mass is 9.84. The molecule has 0 unspecified atom stereocenters. The molecule has 0 aromatic heterocycles. The Morgan fingerprint density at radius 1 is 1.10 bits per heavy atom. The fourth-order valence-electron chi connectivity index (χ4n) is 5.99. The monoisotopic (exact) mass is 433 g/mol. The Labute approximate surface area is 184 Å². The van der Waals surface area contributed by atoms with Crippen molar-refractivity contribution in [2.45, 2.75) is 115 Å². The van der Waals surface area contributed by atoms with E-state index in [-0.39, 0.29) is 23.8 Å². The summed E-state index contributed by atoms with van der Waals surface area (Å²) in [5.74, 6) is -0.772. The summed E-state index contributed by atoms with van der Waals surface area (Å²) in [7, 11) is 0. The van der Waals surface area contributed by atoms with E-state index in [1.807, 2.05) is 20.8 Å². The highest BCUT2D eigenvalue weighted by atomic mass is 16.6. The molecule has 8 nitrogen and oxygen atoms in total. The Morgan fingerprint density at radius 3 is 2.39 bits per heavy atom. The Kier molecular flexibility index (Phi) is 5.54. The first kappa shape index (κ1) is 22.1. The van der Waals surface area contributed by atoms with Crippen LogP contribution in [0.5, 0.6) is 0 Å². The van der Waals surface area contributed by atoms with Crippen LogP contribution in [0.3, 0.4) is 0 Å². The largest absolute Gasteiger partial charge is 0.458 e. The van der Waals surface area contributed by atoms with Crippen molar-refractivity contribution in [2.24, 2.45) is 5.92 Å². The Morgan fingerprint density at radius 2 is 1.74 bits per heavy atom. The lowest BCUT2D eigenvalue weighted by Gasteiger charge is -2.37. The van der Waals surface area contributed by atoms with E-state index in [9.17, 15) is 19.2 Å². The second kappa shape index (κ2) is 7.78. The third-order valence-corrected chi connectivity index (χ3v) is 7.42. The molecule has 172 valence electrons. The van der Waals surface area contributed by atoms with Gasteiger partial charge in [-0.3, -0.25) is 9.59 Å². The molecule has 2 heterocycles. The van der Waals surface area contributed by atoms with Gasteiger partial charge in [-0.05, 0) is 65.7 Å². The second-order valence-electron chi connectivity index (χ2n) is 10.7. The number of urea groups is 1. The van der Waals surface area contributed by atoms with Gasteiger partial charge >= 0.3 is 12.0 Å². The maximum Gasteiger partial charge on any atom is 0.329 e. The molecule has 0 bridgehead atoms. The topological polar surface area (TPSA) is 96.0 Å². The summed E-state index contributed by atoms with van der Waals surface area (Å²) in [4.78, 5) is 55.4. The van der Waals surface area contributed by atoms with Crippen molar-refractivity contribution < 1.29 is 23.9 Å². The summed E-state index contributed by atoms with van der Waals surface area (Å²) in [6.07, 6.45) is 7.51. The van der Waals surface area contributed by atoms with E-state index in [1.54, 1.807) is 11.8 Å². The molecule has 1 N–H and O–H groups in total. The van der Waals surface area contributed by atoms with Crippen molar-refractivity contribution in [1.29, 1.82) is 0 Å². The molecule has 2 aliphatic heterocycles. The van der Waals surface area contributed by atoms with Crippen LogP contribution < -0.4 is 5.32 Å². The molecular weight excluding hydrogens is 398 g/mol. The minimum Gasteiger partial charge on any atom is -0.458 e. The Balaban J connectivity index is 1.58. The highest BCUT2D eigenvalue weighted by molar-refractivity contribution is 6.10. The van der Waals surface area contributed by atoms with Crippen molar-refractivity contribution in [3.8, 4) is 0 Å². The molecule has 0 aromatic carbocycles. The molecule has 1 spiro atoms. The normalized spacial score (nSPS) is 31.0. The molecule has 2 saturated heterocycles. The first-order valence-corrected chi connectivity index (χ1v) is 11.7. The number of likely N-dealkylation sites (tertiary alicyclic amines) is 1. The number of fused-ring (bicyclic) bond motifs is 1. The van der Waals surface area contributed by atoms with Crippen molar-refractivity contribution in [3.63, 3.8) is 0 Å². The average Bonchev–Trinajstić information content (AvgIpc) is 3.36. The molecule has 31 heavy (non-hydrogen) atoms. The van der Waals surface area contributed by atoms with Crippen LogP contribution in [0.1, 0.15) is 85.5 Å². The number of imide groups is 1. The van der Waals surface area contributed by atoms with Crippen LogP contribution in [0.2, 0.25) is 0 Å². The second-order valence-corrected chi connectivity index (χ2v) is 10.7. The van der Waals surface area contributed by atoms with Gasteiger partial charge in [-0.1, -0.05) is 25.7 Å². The number of carbonyl (C=O) groups is 4. The molecule has 4 atom stereocenters. The number of amides is 4.